The van der Waals surface area contributed by atoms with Gasteiger partial charge in [-0.25, -0.2) is 9.97 Å². The van der Waals surface area contributed by atoms with Crippen LogP contribution >= 0.6 is 0 Å². The van der Waals surface area contributed by atoms with Crippen LogP contribution in [0.2, 0.25) is 0 Å². The Balaban J connectivity index is 1.69. The minimum Gasteiger partial charge on any atom is -0.340 e. The van der Waals surface area contributed by atoms with Gasteiger partial charge in [0.2, 0.25) is 5.95 Å². The van der Waals surface area contributed by atoms with Gasteiger partial charge in [0.1, 0.15) is 5.69 Å². The number of nitrogens with zero attached hydrogens (tertiary/aromatic N) is 6. The average molecular weight is 354 g/mol. The zero-order chi connectivity index (χ0) is 18.0. The normalized spacial score (nSPS) is 19.2. The lowest BCUT2D eigenvalue weighted by Crippen LogP contribution is -2.47. The van der Waals surface area contributed by atoms with Crippen molar-refractivity contribution in [3.05, 3.63) is 35.9 Å². The molecule has 2 aromatic heterocycles. The molecule has 0 amide bonds. The van der Waals surface area contributed by atoms with Crippen LogP contribution in [0.3, 0.4) is 0 Å². The second-order valence-corrected chi connectivity index (χ2v) is 6.33. The number of rotatable bonds is 4. The lowest BCUT2D eigenvalue weighted by atomic mass is 10.0. The van der Waals surface area contributed by atoms with Crippen LogP contribution in [0.15, 0.2) is 24.5 Å². The summed E-state index contributed by atoms with van der Waals surface area (Å²) in [6.07, 6.45) is 0.345. The molecule has 0 saturated carbocycles. The van der Waals surface area contributed by atoms with Gasteiger partial charge in [-0.1, -0.05) is 0 Å². The lowest BCUT2D eigenvalue weighted by Gasteiger charge is -2.37. The third-order valence-electron chi connectivity index (χ3n) is 4.59. The summed E-state index contributed by atoms with van der Waals surface area (Å²) < 4.78 is 40.4. The Morgan fingerprint density at radius 3 is 2.76 bits per heavy atom. The summed E-state index contributed by atoms with van der Waals surface area (Å²) >= 11 is 0. The van der Waals surface area contributed by atoms with Gasteiger partial charge in [-0.15, -0.1) is 0 Å². The van der Waals surface area contributed by atoms with E-state index in [-0.39, 0.29) is 12.0 Å². The number of hydrogen-bond acceptors (Lipinski definition) is 5. The number of piperidine rings is 1. The summed E-state index contributed by atoms with van der Waals surface area (Å²) in [5, 5.41) is 4.17. The highest BCUT2D eigenvalue weighted by Gasteiger charge is 2.34. The van der Waals surface area contributed by atoms with Crippen molar-refractivity contribution in [2.75, 3.05) is 25.0 Å². The molecule has 0 spiro atoms. The van der Waals surface area contributed by atoms with E-state index in [4.69, 9.17) is 0 Å². The van der Waals surface area contributed by atoms with Crippen molar-refractivity contribution in [1.29, 1.82) is 0 Å². The Hall–Kier alpha value is -2.16. The van der Waals surface area contributed by atoms with E-state index in [1.165, 1.54) is 0 Å². The predicted molar refractivity (Wildman–Crippen MR) is 86.9 cm³/mol. The molecule has 0 bridgehead atoms. The Kier molecular flexibility index (Phi) is 4.94. The van der Waals surface area contributed by atoms with Crippen molar-refractivity contribution in [2.24, 2.45) is 7.05 Å². The first kappa shape index (κ1) is 17.7. The van der Waals surface area contributed by atoms with Gasteiger partial charge in [0.05, 0.1) is 5.69 Å². The maximum Gasteiger partial charge on any atom is 0.433 e. The Morgan fingerprint density at radius 2 is 2.08 bits per heavy atom. The van der Waals surface area contributed by atoms with Crippen molar-refractivity contribution in [1.82, 2.24) is 24.6 Å². The van der Waals surface area contributed by atoms with Crippen molar-refractivity contribution in [2.45, 2.75) is 31.6 Å². The van der Waals surface area contributed by atoms with Crippen molar-refractivity contribution in [3.63, 3.8) is 0 Å². The summed E-state index contributed by atoms with van der Waals surface area (Å²) in [7, 11) is 3.66. The number of halogens is 3. The fourth-order valence-electron chi connectivity index (χ4n) is 3.12. The third-order valence-corrected chi connectivity index (χ3v) is 4.59. The van der Waals surface area contributed by atoms with Crippen LogP contribution < -0.4 is 4.90 Å². The van der Waals surface area contributed by atoms with E-state index in [1.807, 2.05) is 17.8 Å². The van der Waals surface area contributed by atoms with E-state index >= 15 is 0 Å². The quantitative estimate of drug-likeness (QED) is 0.844. The molecule has 1 atom stereocenters. The number of aryl methyl sites for hydroxylation is 1. The number of aromatic nitrogens is 4. The highest BCUT2D eigenvalue weighted by atomic mass is 19.4. The summed E-state index contributed by atoms with van der Waals surface area (Å²) in [5.41, 5.74) is 0.200. The van der Waals surface area contributed by atoms with Crippen LogP contribution in [-0.2, 0) is 19.8 Å². The smallest absolute Gasteiger partial charge is 0.340 e. The number of likely N-dealkylation sites (N-methyl/N-ethyl adjacent to an activating group) is 1. The van der Waals surface area contributed by atoms with Gasteiger partial charge < -0.3 is 4.90 Å². The summed E-state index contributed by atoms with van der Waals surface area (Å²) in [5.74, 6) is 0.113. The predicted octanol–water partition coefficient (Wildman–Crippen LogP) is 2.33. The molecule has 0 aliphatic carbocycles. The minimum absolute atomic E-state index is 0.0745. The molecule has 3 rings (SSSR count). The van der Waals surface area contributed by atoms with Crippen LogP contribution in [0.5, 0.6) is 0 Å². The molecular formula is C16H21F3N6. The van der Waals surface area contributed by atoms with E-state index in [9.17, 15) is 13.2 Å². The minimum atomic E-state index is -4.46. The van der Waals surface area contributed by atoms with Gasteiger partial charge in [-0.05, 0) is 31.5 Å². The number of likely N-dealkylation sites (tertiary alicyclic amines) is 1. The molecule has 1 saturated heterocycles. The van der Waals surface area contributed by atoms with Gasteiger partial charge in [0, 0.05) is 45.6 Å². The van der Waals surface area contributed by atoms with Crippen molar-refractivity contribution < 1.29 is 13.2 Å². The zero-order valence-corrected chi connectivity index (χ0v) is 14.2. The van der Waals surface area contributed by atoms with Gasteiger partial charge >= 0.3 is 6.18 Å². The highest BCUT2D eigenvalue weighted by Crippen LogP contribution is 2.28. The van der Waals surface area contributed by atoms with E-state index in [1.54, 1.807) is 18.1 Å². The van der Waals surface area contributed by atoms with Crippen LogP contribution in [0, 0.1) is 0 Å². The first-order valence-corrected chi connectivity index (χ1v) is 8.17. The average Bonchev–Trinajstić information content (AvgIpc) is 2.99. The van der Waals surface area contributed by atoms with Gasteiger partial charge in [-0.3, -0.25) is 9.58 Å². The van der Waals surface area contributed by atoms with E-state index < -0.39 is 11.9 Å². The molecule has 1 aliphatic rings. The topological polar surface area (TPSA) is 50.1 Å². The van der Waals surface area contributed by atoms with Crippen LogP contribution in [0.25, 0.3) is 0 Å². The molecule has 25 heavy (non-hydrogen) atoms. The molecule has 1 aliphatic heterocycles. The number of anilines is 1. The molecular weight excluding hydrogens is 333 g/mol. The Labute approximate surface area is 144 Å². The van der Waals surface area contributed by atoms with E-state index in [0.29, 0.717) is 0 Å². The van der Waals surface area contributed by atoms with E-state index in [2.05, 4.69) is 20.0 Å². The second kappa shape index (κ2) is 6.99. The molecule has 136 valence electrons. The molecule has 1 unspecified atom stereocenters. The molecule has 0 aromatic carbocycles. The number of alkyl halides is 3. The number of hydrogen-bond donors (Lipinski definition) is 0. The molecule has 9 heteroatoms. The van der Waals surface area contributed by atoms with Gasteiger partial charge in [-0.2, -0.15) is 18.3 Å². The SMILES string of the molecule is CN(c1nccc(C(F)(F)F)n1)C1CCCN(Cc2ccnn2C)C1. The van der Waals surface area contributed by atoms with Crippen LogP contribution in [0.1, 0.15) is 24.2 Å². The van der Waals surface area contributed by atoms with Gasteiger partial charge in [0.15, 0.2) is 0 Å². The van der Waals surface area contributed by atoms with Crippen LogP contribution in [0.4, 0.5) is 19.1 Å². The first-order chi connectivity index (χ1) is 11.8. The molecule has 3 heterocycles. The maximum atomic E-state index is 12.9. The van der Waals surface area contributed by atoms with Crippen LogP contribution in [-0.4, -0.2) is 50.8 Å². The molecule has 2 aromatic rings. The summed E-state index contributed by atoms with van der Waals surface area (Å²) in [6, 6.07) is 2.95. The second-order valence-electron chi connectivity index (χ2n) is 6.33. The first-order valence-electron chi connectivity index (χ1n) is 8.17. The highest BCUT2D eigenvalue weighted by molar-refractivity contribution is 5.31. The maximum absolute atomic E-state index is 12.9. The van der Waals surface area contributed by atoms with Crippen molar-refractivity contribution in [3.8, 4) is 0 Å². The monoisotopic (exact) mass is 354 g/mol. The molecule has 1 fully saturated rings. The Bertz CT molecular complexity index is 714. The fourth-order valence-corrected chi connectivity index (χ4v) is 3.12. The van der Waals surface area contributed by atoms with Gasteiger partial charge in [0.25, 0.3) is 0 Å². The molecule has 0 radical (unpaired) electrons. The zero-order valence-electron chi connectivity index (χ0n) is 14.2. The molecule has 0 N–H and O–H groups in total. The standard InChI is InChI=1S/C16H21F3N6/c1-23(15-20-7-6-14(22-15)16(17,18)19)12-4-3-9-25(10-12)11-13-5-8-21-24(13)2/h5-8,12H,3-4,9-11H2,1-2H3. The summed E-state index contributed by atoms with van der Waals surface area (Å²) in [4.78, 5) is 11.8. The third kappa shape index (κ3) is 4.09. The summed E-state index contributed by atoms with van der Waals surface area (Å²) in [6.45, 7) is 2.48. The lowest BCUT2D eigenvalue weighted by molar-refractivity contribution is -0.141. The molecule has 6 nitrogen and oxygen atoms in total. The Morgan fingerprint density at radius 1 is 1.28 bits per heavy atom. The fraction of sp³-hybridized carbons (Fsp3) is 0.562. The van der Waals surface area contributed by atoms with Crippen molar-refractivity contribution >= 4 is 5.95 Å². The van der Waals surface area contributed by atoms with E-state index in [0.717, 1.165) is 50.4 Å². The largest absolute Gasteiger partial charge is 0.433 e.